The summed E-state index contributed by atoms with van der Waals surface area (Å²) in [6.07, 6.45) is 2.64. The van der Waals surface area contributed by atoms with Crippen LogP contribution in [0.1, 0.15) is 18.4 Å². The summed E-state index contributed by atoms with van der Waals surface area (Å²) in [5.41, 5.74) is 1.21. The third-order valence-electron chi connectivity index (χ3n) is 2.52. The van der Waals surface area contributed by atoms with E-state index in [0.29, 0.717) is 5.75 Å². The van der Waals surface area contributed by atoms with Crippen LogP contribution in [0.15, 0.2) is 24.3 Å². The summed E-state index contributed by atoms with van der Waals surface area (Å²) in [6, 6.07) is 7.53. The third-order valence-corrected chi connectivity index (χ3v) is 2.52. The minimum Gasteiger partial charge on any atom is -0.508 e. The van der Waals surface area contributed by atoms with Crippen LogP contribution >= 0.6 is 0 Å². The average molecular weight is 200 g/mol. The van der Waals surface area contributed by atoms with Crippen LogP contribution in [-0.2, 0) is 6.54 Å². The second-order valence-electron chi connectivity index (χ2n) is 3.65. The Morgan fingerprint density at radius 1 is 1.21 bits per heavy atom. The fourth-order valence-electron chi connectivity index (χ4n) is 1.85. The molecule has 1 aromatic carbocycles. The second-order valence-corrected chi connectivity index (χ2v) is 3.65. The summed E-state index contributed by atoms with van der Waals surface area (Å²) in [5.74, 6) is 0.372. The van der Waals surface area contributed by atoms with E-state index in [2.05, 4.69) is 11.0 Å². The topological polar surface area (TPSA) is 23.5 Å². The standard InChI is InChI=1S/C11H15NO.Na/c13-11-5-3-4-10(8-11)9-12-6-1-2-7-12;/h3-5,8,13H,1-2,6-7,9H2;. The first kappa shape index (κ1) is 12.1. The van der Waals surface area contributed by atoms with Gasteiger partial charge in [0.1, 0.15) is 5.75 Å². The normalized spacial score (nSPS) is 16.6. The van der Waals surface area contributed by atoms with Gasteiger partial charge in [-0.2, -0.15) is 0 Å². The first-order valence-corrected chi connectivity index (χ1v) is 4.85. The fraction of sp³-hybridized carbons (Fsp3) is 0.455. The largest absolute Gasteiger partial charge is 0.508 e. The maximum absolute atomic E-state index is 9.27. The molecule has 1 radical (unpaired) electrons. The van der Waals surface area contributed by atoms with Crippen LogP contribution < -0.4 is 0 Å². The Hall–Kier alpha value is -0.0200. The molecule has 0 aromatic heterocycles. The van der Waals surface area contributed by atoms with Crippen molar-refractivity contribution in [2.45, 2.75) is 19.4 Å². The van der Waals surface area contributed by atoms with Crippen LogP contribution in [0.3, 0.4) is 0 Å². The van der Waals surface area contributed by atoms with Crippen molar-refractivity contribution in [3.8, 4) is 5.75 Å². The number of phenolic OH excluding ortho intramolecular Hbond substituents is 1. The van der Waals surface area contributed by atoms with Crippen LogP contribution in [0, 0.1) is 0 Å². The second kappa shape index (κ2) is 5.76. The quantitative estimate of drug-likeness (QED) is 0.733. The number of nitrogens with zero attached hydrogens (tertiary/aromatic N) is 1. The van der Waals surface area contributed by atoms with Gasteiger partial charge in [0.15, 0.2) is 0 Å². The smallest absolute Gasteiger partial charge is 0.115 e. The van der Waals surface area contributed by atoms with Crippen LogP contribution in [0.25, 0.3) is 0 Å². The number of hydrogen-bond donors (Lipinski definition) is 1. The van der Waals surface area contributed by atoms with E-state index >= 15 is 0 Å². The van der Waals surface area contributed by atoms with E-state index in [1.165, 1.54) is 31.5 Å². The van der Waals surface area contributed by atoms with Gasteiger partial charge in [-0.15, -0.1) is 0 Å². The van der Waals surface area contributed by atoms with Gasteiger partial charge in [0.25, 0.3) is 0 Å². The van der Waals surface area contributed by atoms with Gasteiger partial charge in [-0.05, 0) is 43.6 Å². The number of hydrogen-bond acceptors (Lipinski definition) is 2. The molecule has 14 heavy (non-hydrogen) atoms. The van der Waals surface area contributed by atoms with E-state index < -0.39 is 0 Å². The molecule has 2 nitrogen and oxygen atoms in total. The van der Waals surface area contributed by atoms with Gasteiger partial charge in [0.2, 0.25) is 0 Å². The Morgan fingerprint density at radius 2 is 1.93 bits per heavy atom. The molecule has 0 unspecified atom stereocenters. The molecule has 0 spiro atoms. The molecule has 0 saturated carbocycles. The van der Waals surface area contributed by atoms with E-state index in [4.69, 9.17) is 0 Å². The molecule has 1 aliphatic rings. The Morgan fingerprint density at radius 3 is 2.57 bits per heavy atom. The Balaban J connectivity index is 0.000000980. The van der Waals surface area contributed by atoms with Gasteiger partial charge in [-0.25, -0.2) is 0 Å². The third kappa shape index (κ3) is 3.28. The predicted octanol–water partition coefficient (Wildman–Crippen LogP) is 1.61. The van der Waals surface area contributed by atoms with Crippen molar-refractivity contribution in [3.63, 3.8) is 0 Å². The molecule has 0 amide bonds. The number of likely N-dealkylation sites (tertiary alicyclic amines) is 1. The number of phenols is 1. The summed E-state index contributed by atoms with van der Waals surface area (Å²) in [5, 5.41) is 9.27. The van der Waals surface area contributed by atoms with Crippen molar-refractivity contribution in [2.24, 2.45) is 0 Å². The molecule has 1 aliphatic heterocycles. The zero-order valence-electron chi connectivity index (χ0n) is 8.74. The number of aromatic hydroxyl groups is 1. The van der Waals surface area contributed by atoms with Crippen molar-refractivity contribution in [1.82, 2.24) is 4.90 Å². The molecule has 3 heteroatoms. The fourth-order valence-corrected chi connectivity index (χ4v) is 1.85. The van der Waals surface area contributed by atoms with E-state index in [-0.39, 0.29) is 29.6 Å². The summed E-state index contributed by atoms with van der Waals surface area (Å²) in [6.45, 7) is 3.39. The summed E-state index contributed by atoms with van der Waals surface area (Å²) in [4.78, 5) is 2.43. The van der Waals surface area contributed by atoms with Crippen LogP contribution in [0.5, 0.6) is 5.75 Å². The monoisotopic (exact) mass is 200 g/mol. The molecule has 2 rings (SSSR count). The van der Waals surface area contributed by atoms with Crippen LogP contribution in [0.2, 0.25) is 0 Å². The number of benzene rings is 1. The van der Waals surface area contributed by atoms with Gasteiger partial charge in [-0.1, -0.05) is 12.1 Å². The Labute approximate surface area is 107 Å². The molecular weight excluding hydrogens is 185 g/mol. The molecule has 1 heterocycles. The minimum absolute atomic E-state index is 0. The van der Waals surface area contributed by atoms with Crippen molar-refractivity contribution < 1.29 is 5.11 Å². The first-order chi connectivity index (χ1) is 6.34. The SMILES string of the molecule is Oc1cccc(CN2CCCC2)c1.[Na]. The van der Waals surface area contributed by atoms with Crippen molar-refractivity contribution in [2.75, 3.05) is 13.1 Å². The zero-order valence-corrected chi connectivity index (χ0v) is 10.7. The van der Waals surface area contributed by atoms with Gasteiger partial charge in [0, 0.05) is 36.1 Å². The van der Waals surface area contributed by atoms with E-state index in [9.17, 15) is 5.11 Å². The van der Waals surface area contributed by atoms with Gasteiger partial charge >= 0.3 is 0 Å². The molecule has 0 bridgehead atoms. The van der Waals surface area contributed by atoms with Gasteiger partial charge in [-0.3, -0.25) is 4.90 Å². The zero-order chi connectivity index (χ0) is 9.10. The first-order valence-electron chi connectivity index (χ1n) is 4.85. The maximum Gasteiger partial charge on any atom is 0.115 e. The van der Waals surface area contributed by atoms with Crippen LogP contribution in [-0.4, -0.2) is 52.7 Å². The molecule has 1 saturated heterocycles. The molecule has 0 aliphatic carbocycles. The Bertz CT molecular complexity index is 284. The van der Waals surface area contributed by atoms with Crippen LogP contribution in [0.4, 0.5) is 0 Å². The summed E-state index contributed by atoms with van der Waals surface area (Å²) < 4.78 is 0. The van der Waals surface area contributed by atoms with E-state index in [1.807, 2.05) is 12.1 Å². The molecule has 1 N–H and O–H groups in total. The summed E-state index contributed by atoms with van der Waals surface area (Å²) in [7, 11) is 0. The van der Waals surface area contributed by atoms with Gasteiger partial charge < -0.3 is 5.11 Å². The maximum atomic E-state index is 9.27. The Kier molecular flexibility index (Phi) is 4.96. The molecule has 1 aromatic rings. The molecule has 71 valence electrons. The predicted molar refractivity (Wildman–Crippen MR) is 58.4 cm³/mol. The van der Waals surface area contributed by atoms with Crippen molar-refractivity contribution >= 4 is 29.6 Å². The molecule has 1 fully saturated rings. The van der Waals surface area contributed by atoms with Crippen molar-refractivity contribution in [3.05, 3.63) is 29.8 Å². The van der Waals surface area contributed by atoms with Gasteiger partial charge in [0.05, 0.1) is 0 Å². The molecular formula is C11H15NNaO. The van der Waals surface area contributed by atoms with E-state index in [0.717, 1.165) is 6.54 Å². The minimum atomic E-state index is 0. The van der Waals surface area contributed by atoms with Crippen molar-refractivity contribution in [1.29, 1.82) is 0 Å². The average Bonchev–Trinajstić information content (AvgIpc) is 2.57. The van der Waals surface area contributed by atoms with E-state index in [1.54, 1.807) is 6.07 Å². The number of rotatable bonds is 2. The summed E-state index contributed by atoms with van der Waals surface area (Å²) >= 11 is 0. The molecule has 0 atom stereocenters.